The molecule has 2 aliphatic heterocycles. The van der Waals surface area contributed by atoms with Gasteiger partial charge in [0.05, 0.1) is 10.8 Å². The summed E-state index contributed by atoms with van der Waals surface area (Å²) in [5.41, 5.74) is -0.967. The average molecular weight is 332 g/mol. The fourth-order valence-corrected chi connectivity index (χ4v) is 5.26. The molecule has 0 aromatic heterocycles. The first kappa shape index (κ1) is 15.8. The highest BCUT2D eigenvalue weighted by Gasteiger charge is 2.54. The van der Waals surface area contributed by atoms with E-state index in [0.717, 1.165) is 51.4 Å². The zero-order valence-electron chi connectivity index (χ0n) is 14.0. The summed E-state index contributed by atoms with van der Waals surface area (Å²) >= 11 is 0. The topological polar surface area (TPSA) is 74.8 Å². The summed E-state index contributed by atoms with van der Waals surface area (Å²) in [5, 5.41) is 0. The van der Waals surface area contributed by atoms with Gasteiger partial charge in [0.2, 0.25) is 23.6 Å². The fraction of sp³-hybridized carbons (Fsp3) is 0.778. The van der Waals surface area contributed by atoms with Crippen molar-refractivity contribution in [3.05, 3.63) is 0 Å². The van der Waals surface area contributed by atoms with E-state index in [1.807, 2.05) is 0 Å². The van der Waals surface area contributed by atoms with Crippen molar-refractivity contribution in [2.24, 2.45) is 10.8 Å². The Morgan fingerprint density at radius 1 is 0.625 bits per heavy atom. The van der Waals surface area contributed by atoms with Gasteiger partial charge in [0.1, 0.15) is 0 Å². The van der Waals surface area contributed by atoms with E-state index < -0.39 is 10.8 Å². The summed E-state index contributed by atoms with van der Waals surface area (Å²) in [7, 11) is 0. The summed E-state index contributed by atoms with van der Waals surface area (Å²) in [4.78, 5) is 52.5. The molecule has 2 saturated carbocycles. The molecule has 0 N–H and O–H groups in total. The van der Waals surface area contributed by atoms with Gasteiger partial charge in [-0.2, -0.15) is 0 Å². The second-order valence-electron chi connectivity index (χ2n) is 8.03. The number of hydrogen-bond donors (Lipinski definition) is 0. The van der Waals surface area contributed by atoms with E-state index in [-0.39, 0.29) is 36.7 Å². The standard InChI is InChI=1S/C18H24N2O4/c21-13-11-17(5-1-2-6-17)15(23)19(13)9-10-20-14(22)12-18(16(20)24)7-3-4-8-18/h1-12H2. The molecule has 0 aromatic carbocycles. The SMILES string of the molecule is O=C1CC2(CCCC2)C(=O)N1CCN1C(=O)CC2(CCCC2)C1=O. The lowest BCUT2D eigenvalue weighted by atomic mass is 9.84. The van der Waals surface area contributed by atoms with Crippen LogP contribution in [0.4, 0.5) is 0 Å². The van der Waals surface area contributed by atoms with Crippen LogP contribution in [0.25, 0.3) is 0 Å². The number of hydrogen-bond acceptors (Lipinski definition) is 4. The Balaban J connectivity index is 1.43. The molecule has 24 heavy (non-hydrogen) atoms. The number of imide groups is 2. The molecule has 2 aliphatic carbocycles. The summed E-state index contributed by atoms with van der Waals surface area (Å²) in [6, 6.07) is 0. The molecule has 0 aromatic rings. The van der Waals surface area contributed by atoms with Crippen molar-refractivity contribution in [1.82, 2.24) is 9.80 Å². The maximum absolute atomic E-state index is 12.7. The molecule has 0 bridgehead atoms. The van der Waals surface area contributed by atoms with Gasteiger partial charge in [0, 0.05) is 25.9 Å². The summed E-state index contributed by atoms with van der Waals surface area (Å²) in [6.07, 6.45) is 7.76. The van der Waals surface area contributed by atoms with Gasteiger partial charge in [-0.05, 0) is 25.7 Å². The molecule has 2 spiro atoms. The summed E-state index contributed by atoms with van der Waals surface area (Å²) in [5.74, 6) is -0.451. The number of carbonyl (C=O) groups excluding carboxylic acids is 4. The van der Waals surface area contributed by atoms with Crippen molar-refractivity contribution in [3.8, 4) is 0 Å². The quantitative estimate of drug-likeness (QED) is 0.736. The van der Waals surface area contributed by atoms with Crippen molar-refractivity contribution >= 4 is 23.6 Å². The lowest BCUT2D eigenvalue weighted by Gasteiger charge is -2.24. The first-order valence-electron chi connectivity index (χ1n) is 9.17. The van der Waals surface area contributed by atoms with E-state index >= 15 is 0 Å². The normalized spacial score (nSPS) is 28.3. The second-order valence-corrected chi connectivity index (χ2v) is 8.03. The predicted molar refractivity (Wildman–Crippen MR) is 84.5 cm³/mol. The Kier molecular flexibility index (Phi) is 3.55. The minimum Gasteiger partial charge on any atom is -0.280 e. The van der Waals surface area contributed by atoms with E-state index in [4.69, 9.17) is 0 Å². The molecule has 0 atom stereocenters. The smallest absolute Gasteiger partial charge is 0.235 e. The summed E-state index contributed by atoms with van der Waals surface area (Å²) in [6.45, 7) is 0.319. The molecule has 4 amide bonds. The third-order valence-corrected chi connectivity index (χ3v) is 6.65. The third kappa shape index (κ3) is 2.15. The van der Waals surface area contributed by atoms with Crippen molar-refractivity contribution < 1.29 is 19.2 Å². The molecular formula is C18H24N2O4. The van der Waals surface area contributed by atoms with Gasteiger partial charge in [0.25, 0.3) is 0 Å². The second kappa shape index (κ2) is 5.39. The van der Waals surface area contributed by atoms with Crippen LogP contribution in [0.2, 0.25) is 0 Å². The molecule has 0 unspecified atom stereocenters. The van der Waals surface area contributed by atoms with Crippen molar-refractivity contribution in [3.63, 3.8) is 0 Å². The van der Waals surface area contributed by atoms with Crippen molar-refractivity contribution in [1.29, 1.82) is 0 Å². The Labute approximate surface area is 141 Å². The lowest BCUT2D eigenvalue weighted by molar-refractivity contribution is -0.146. The van der Waals surface area contributed by atoms with E-state index in [9.17, 15) is 19.2 Å². The molecule has 4 aliphatic rings. The zero-order chi connectivity index (χ0) is 16.9. The highest BCUT2D eigenvalue weighted by Crippen LogP contribution is 2.48. The van der Waals surface area contributed by atoms with E-state index in [1.54, 1.807) is 0 Å². The summed E-state index contributed by atoms with van der Waals surface area (Å²) < 4.78 is 0. The van der Waals surface area contributed by atoms with Crippen LogP contribution in [0.5, 0.6) is 0 Å². The van der Waals surface area contributed by atoms with Crippen LogP contribution in [-0.4, -0.2) is 46.5 Å². The molecule has 6 heteroatoms. The van der Waals surface area contributed by atoms with E-state index in [1.165, 1.54) is 9.80 Å². The van der Waals surface area contributed by atoms with Gasteiger partial charge < -0.3 is 0 Å². The first-order valence-corrected chi connectivity index (χ1v) is 9.17. The average Bonchev–Trinajstić information content (AvgIpc) is 3.28. The lowest BCUT2D eigenvalue weighted by Crippen LogP contribution is -2.43. The molecule has 130 valence electrons. The van der Waals surface area contributed by atoms with Crippen LogP contribution in [0.3, 0.4) is 0 Å². The third-order valence-electron chi connectivity index (χ3n) is 6.65. The van der Waals surface area contributed by atoms with E-state index in [0.29, 0.717) is 12.8 Å². The van der Waals surface area contributed by atoms with Crippen LogP contribution in [0.1, 0.15) is 64.2 Å². The predicted octanol–water partition coefficient (Wildman–Crippen LogP) is 1.62. The molecule has 0 radical (unpaired) electrons. The van der Waals surface area contributed by atoms with Crippen molar-refractivity contribution in [2.75, 3.05) is 13.1 Å². The van der Waals surface area contributed by atoms with Crippen LogP contribution in [0, 0.1) is 10.8 Å². The van der Waals surface area contributed by atoms with Gasteiger partial charge in [-0.1, -0.05) is 25.7 Å². The minimum atomic E-state index is -0.483. The number of carbonyl (C=O) groups is 4. The van der Waals surface area contributed by atoms with Gasteiger partial charge in [-0.3, -0.25) is 29.0 Å². The van der Waals surface area contributed by atoms with E-state index in [2.05, 4.69) is 0 Å². The molecular weight excluding hydrogens is 308 g/mol. The van der Waals surface area contributed by atoms with Gasteiger partial charge in [0.15, 0.2) is 0 Å². The molecule has 2 heterocycles. The molecule has 6 nitrogen and oxygen atoms in total. The van der Waals surface area contributed by atoms with Gasteiger partial charge in [-0.25, -0.2) is 0 Å². The molecule has 4 fully saturated rings. The Morgan fingerprint density at radius 3 is 1.29 bits per heavy atom. The maximum Gasteiger partial charge on any atom is 0.235 e. The number of nitrogens with zero attached hydrogens (tertiary/aromatic N) is 2. The number of rotatable bonds is 3. The monoisotopic (exact) mass is 332 g/mol. The number of likely N-dealkylation sites (tertiary alicyclic amines) is 2. The maximum atomic E-state index is 12.7. The first-order chi connectivity index (χ1) is 11.5. The Bertz CT molecular complexity index is 561. The highest BCUT2D eigenvalue weighted by atomic mass is 16.2. The largest absolute Gasteiger partial charge is 0.280 e. The van der Waals surface area contributed by atoms with Crippen LogP contribution < -0.4 is 0 Å². The molecule has 4 rings (SSSR count). The highest BCUT2D eigenvalue weighted by molar-refractivity contribution is 6.07. The van der Waals surface area contributed by atoms with Crippen molar-refractivity contribution in [2.45, 2.75) is 64.2 Å². The zero-order valence-corrected chi connectivity index (χ0v) is 14.0. The van der Waals surface area contributed by atoms with Crippen LogP contribution in [-0.2, 0) is 19.2 Å². The Hall–Kier alpha value is -1.72. The van der Waals surface area contributed by atoms with Crippen LogP contribution in [0.15, 0.2) is 0 Å². The van der Waals surface area contributed by atoms with Gasteiger partial charge in [-0.15, -0.1) is 0 Å². The molecule has 2 saturated heterocycles. The van der Waals surface area contributed by atoms with Gasteiger partial charge >= 0.3 is 0 Å². The fourth-order valence-electron chi connectivity index (χ4n) is 5.26. The minimum absolute atomic E-state index is 0.0836. The van der Waals surface area contributed by atoms with Crippen LogP contribution >= 0.6 is 0 Å². The number of amides is 4. The Morgan fingerprint density at radius 2 is 0.958 bits per heavy atom.